The molecule has 2 heterocycles. The summed E-state index contributed by atoms with van der Waals surface area (Å²) in [7, 11) is 0. The number of hydrogen-bond acceptors (Lipinski definition) is 4. The molecule has 0 saturated carbocycles. The van der Waals surface area contributed by atoms with E-state index in [2.05, 4.69) is 79.3 Å². The van der Waals surface area contributed by atoms with Crippen molar-refractivity contribution >= 4 is 56.5 Å². The number of nitrogens with zero attached hydrogens (tertiary/aromatic N) is 4. The van der Waals surface area contributed by atoms with Crippen LogP contribution in [-0.4, -0.2) is 43.0 Å². The number of rotatable bonds is 26. The van der Waals surface area contributed by atoms with Crippen molar-refractivity contribution in [2.75, 3.05) is 0 Å². The van der Waals surface area contributed by atoms with Crippen LogP contribution in [-0.2, 0) is 6.42 Å². The summed E-state index contributed by atoms with van der Waals surface area (Å²) in [6, 6.07) is 36.3. The van der Waals surface area contributed by atoms with Gasteiger partial charge in [0.1, 0.15) is 5.15 Å². The van der Waals surface area contributed by atoms with Crippen molar-refractivity contribution in [3.05, 3.63) is 127 Å². The Hall–Kier alpha value is -2.90. The molecule has 2 aromatic heterocycles. The molecule has 0 aliphatic heterocycles. The third-order valence-corrected chi connectivity index (χ3v) is 11.7. The van der Waals surface area contributed by atoms with Gasteiger partial charge in [-0.1, -0.05) is 258 Å². The third-order valence-electron chi connectivity index (χ3n) is 11.4. The fraction of sp³-hybridized carbons (Fsp3) is 0.482. The minimum Gasteiger partial charge on any atom is -1.00 e. The SMILES string of the molecule is CCCCCCCCCCCCCCc1nc(-c2ccccc2)nc2ccccc12.Clc1nc(-c2ccccc2)nc2ccccc12.[Br-].[CH2-]CCCCCCCCCCCCC.[Mg+2]. The first kappa shape index (κ1) is 56.2. The molecule has 0 saturated heterocycles. The van der Waals surface area contributed by atoms with Crippen molar-refractivity contribution in [1.29, 1.82) is 0 Å². The molecular weight excluding hydrogens is 868 g/mol. The standard InChI is InChI=1S/C28H38N2.C14H9ClN2.C14H29.BrH.Mg/c1-2-3-4-5-6-7-8-9-10-11-12-16-22-26-25-21-17-18-23-27(25)30-28(29-26)24-19-14-13-15-20-24;15-13-11-8-4-5-9-12(11)16-14(17-13)10-6-2-1-3-7-10;1-3-5-7-9-11-13-14-12-10-8-6-4-2;;/h13-15,17-21,23H,2-12,16,22H2,1H3;1-9H;1,3-14H2,2H3;1H;/q;;-1;;+2/p-1. The monoisotopic (exact) mass is 942 g/mol. The second-order valence-electron chi connectivity index (χ2n) is 16.6. The summed E-state index contributed by atoms with van der Waals surface area (Å²) >= 11 is 6.16. The van der Waals surface area contributed by atoms with Gasteiger partial charge in [0.2, 0.25) is 0 Å². The number of halogens is 2. The first-order valence-electron chi connectivity index (χ1n) is 24.2. The number of unbranched alkanes of at least 4 members (excludes halogenated alkanes) is 22. The minimum absolute atomic E-state index is 0. The van der Waals surface area contributed by atoms with Gasteiger partial charge in [-0.3, -0.25) is 0 Å². The predicted molar refractivity (Wildman–Crippen MR) is 272 cm³/mol. The Balaban J connectivity index is 0.000000352. The van der Waals surface area contributed by atoms with Gasteiger partial charge < -0.3 is 23.9 Å². The van der Waals surface area contributed by atoms with Crippen molar-refractivity contribution in [1.82, 2.24) is 19.9 Å². The van der Waals surface area contributed by atoms with E-state index in [0.717, 1.165) is 46.2 Å². The van der Waals surface area contributed by atoms with E-state index in [9.17, 15) is 0 Å². The van der Waals surface area contributed by atoms with Crippen LogP contribution in [0.3, 0.4) is 0 Å². The maximum atomic E-state index is 6.16. The quantitative estimate of drug-likeness (QED) is 0.0235. The van der Waals surface area contributed by atoms with E-state index in [-0.39, 0.29) is 40.0 Å². The van der Waals surface area contributed by atoms with Crippen LogP contribution in [0.4, 0.5) is 0 Å². The zero-order chi connectivity index (χ0) is 43.0. The number of aryl methyl sites for hydroxylation is 1. The Morgan fingerprint density at radius 2 is 0.746 bits per heavy atom. The van der Waals surface area contributed by atoms with E-state index < -0.39 is 0 Å². The maximum Gasteiger partial charge on any atom is 2.00 e. The normalized spacial score (nSPS) is 10.6. The fourth-order valence-corrected chi connectivity index (χ4v) is 8.02. The molecular formula is C56H76BrClMgN4. The molecule has 0 unspecified atom stereocenters. The molecule has 4 aromatic carbocycles. The van der Waals surface area contributed by atoms with Crippen LogP contribution in [0.5, 0.6) is 0 Å². The molecule has 0 aliphatic carbocycles. The largest absolute Gasteiger partial charge is 2.00 e. The first-order chi connectivity index (χ1) is 30.1. The molecule has 336 valence electrons. The van der Waals surface area contributed by atoms with Crippen LogP contribution >= 0.6 is 11.6 Å². The van der Waals surface area contributed by atoms with Crippen molar-refractivity contribution in [2.45, 2.75) is 174 Å². The smallest absolute Gasteiger partial charge is 1.00 e. The van der Waals surface area contributed by atoms with Gasteiger partial charge in [0.25, 0.3) is 0 Å². The molecule has 6 rings (SSSR count). The molecule has 0 atom stereocenters. The third kappa shape index (κ3) is 22.7. The number of benzene rings is 4. The summed E-state index contributed by atoms with van der Waals surface area (Å²) in [4.78, 5) is 18.6. The summed E-state index contributed by atoms with van der Waals surface area (Å²) in [5, 5.41) is 2.59. The number of para-hydroxylation sites is 2. The second-order valence-corrected chi connectivity index (χ2v) is 17.0. The van der Waals surface area contributed by atoms with Crippen molar-refractivity contribution < 1.29 is 17.0 Å². The van der Waals surface area contributed by atoms with Gasteiger partial charge in [0, 0.05) is 21.9 Å². The van der Waals surface area contributed by atoms with Crippen LogP contribution in [0.1, 0.15) is 174 Å². The molecule has 0 bridgehead atoms. The van der Waals surface area contributed by atoms with Gasteiger partial charge in [0.15, 0.2) is 11.6 Å². The predicted octanol–water partition coefficient (Wildman–Crippen LogP) is 14.6. The van der Waals surface area contributed by atoms with Crippen molar-refractivity contribution in [2.24, 2.45) is 0 Å². The Labute approximate surface area is 414 Å². The molecule has 0 spiro atoms. The average molecular weight is 945 g/mol. The van der Waals surface area contributed by atoms with E-state index in [1.54, 1.807) is 0 Å². The summed E-state index contributed by atoms with van der Waals surface area (Å²) in [6.45, 7) is 8.43. The molecule has 0 amide bonds. The molecule has 7 heteroatoms. The van der Waals surface area contributed by atoms with Gasteiger partial charge >= 0.3 is 23.1 Å². The van der Waals surface area contributed by atoms with Gasteiger partial charge in [-0.25, -0.2) is 19.9 Å². The Morgan fingerprint density at radius 1 is 0.397 bits per heavy atom. The van der Waals surface area contributed by atoms with E-state index >= 15 is 0 Å². The van der Waals surface area contributed by atoms with Crippen molar-refractivity contribution in [3.63, 3.8) is 0 Å². The second kappa shape index (κ2) is 36.3. The summed E-state index contributed by atoms with van der Waals surface area (Å²) in [6.07, 6.45) is 34.5. The molecule has 0 aliphatic rings. The van der Waals surface area contributed by atoms with Crippen LogP contribution < -0.4 is 17.0 Å². The number of fused-ring (bicyclic) bond motifs is 2. The van der Waals surface area contributed by atoms with Gasteiger partial charge in [-0.05, 0) is 31.0 Å². The first-order valence-corrected chi connectivity index (χ1v) is 24.6. The summed E-state index contributed by atoms with van der Waals surface area (Å²) < 4.78 is 0. The Kier molecular flexibility index (Phi) is 32.4. The molecule has 0 N–H and O–H groups in total. The Morgan fingerprint density at radius 3 is 1.19 bits per heavy atom. The molecule has 63 heavy (non-hydrogen) atoms. The average Bonchev–Trinajstić information content (AvgIpc) is 3.31. The van der Waals surface area contributed by atoms with Crippen LogP contribution in [0.25, 0.3) is 44.6 Å². The van der Waals surface area contributed by atoms with Gasteiger partial charge in [-0.15, -0.1) is 0 Å². The Bertz CT molecular complexity index is 2000. The van der Waals surface area contributed by atoms with Crippen LogP contribution in [0.2, 0.25) is 5.15 Å². The van der Waals surface area contributed by atoms with Crippen molar-refractivity contribution in [3.8, 4) is 22.8 Å². The van der Waals surface area contributed by atoms with E-state index in [4.69, 9.17) is 21.6 Å². The number of hydrogen-bond donors (Lipinski definition) is 0. The van der Waals surface area contributed by atoms with Gasteiger partial charge in [-0.2, -0.15) is 6.42 Å². The van der Waals surface area contributed by atoms with E-state index in [1.165, 1.54) is 159 Å². The zero-order valence-electron chi connectivity index (χ0n) is 39.0. The molecule has 4 nitrogen and oxygen atoms in total. The maximum absolute atomic E-state index is 6.16. The minimum atomic E-state index is 0. The topological polar surface area (TPSA) is 51.6 Å². The summed E-state index contributed by atoms with van der Waals surface area (Å²) in [5.41, 5.74) is 5.19. The molecule has 0 fully saturated rings. The van der Waals surface area contributed by atoms with Crippen LogP contribution in [0.15, 0.2) is 109 Å². The fourth-order valence-electron chi connectivity index (χ4n) is 7.78. The van der Waals surface area contributed by atoms with E-state index in [1.807, 2.05) is 60.7 Å². The van der Waals surface area contributed by atoms with Gasteiger partial charge in [0.05, 0.1) is 16.7 Å². The number of aromatic nitrogens is 4. The summed E-state index contributed by atoms with van der Waals surface area (Å²) in [5.74, 6) is 1.51. The zero-order valence-corrected chi connectivity index (χ0v) is 42.8. The van der Waals surface area contributed by atoms with Crippen LogP contribution in [0, 0.1) is 6.92 Å². The van der Waals surface area contributed by atoms with E-state index in [0.29, 0.717) is 11.0 Å². The molecule has 0 radical (unpaired) electrons. The molecule has 6 aromatic rings.